The van der Waals surface area contributed by atoms with Gasteiger partial charge < -0.3 is 19.5 Å². The second-order valence-corrected chi connectivity index (χ2v) is 5.64. The minimum absolute atomic E-state index is 0.270. The van der Waals surface area contributed by atoms with Crippen LogP contribution >= 0.6 is 15.9 Å². The van der Waals surface area contributed by atoms with E-state index in [1.165, 1.54) is 6.08 Å². The van der Waals surface area contributed by atoms with Crippen LogP contribution in [0.2, 0.25) is 0 Å². The van der Waals surface area contributed by atoms with Crippen molar-refractivity contribution in [2.45, 2.75) is 0 Å². The number of hydrogen-bond acceptors (Lipinski definition) is 4. The van der Waals surface area contributed by atoms with Gasteiger partial charge in [-0.05, 0) is 51.8 Å². The number of rotatable bonds is 6. The van der Waals surface area contributed by atoms with Crippen molar-refractivity contribution in [1.82, 2.24) is 0 Å². The first-order valence-corrected chi connectivity index (χ1v) is 7.91. The molecule has 126 valence electrons. The lowest BCUT2D eigenvalue weighted by molar-refractivity contribution is -0.111. The minimum atomic E-state index is -0.270. The lowest BCUT2D eigenvalue weighted by Crippen LogP contribution is -2.09. The SMILES string of the molecule is COc1ccc(OC)c(NC(=O)/C=C/c2ccc(OC)c(Br)c2)c1. The van der Waals surface area contributed by atoms with Crippen molar-refractivity contribution >= 4 is 33.6 Å². The first-order chi connectivity index (χ1) is 11.6. The lowest BCUT2D eigenvalue weighted by atomic mass is 10.2. The summed E-state index contributed by atoms with van der Waals surface area (Å²) in [6.07, 6.45) is 3.17. The molecule has 0 aliphatic rings. The maximum atomic E-state index is 12.1. The quantitative estimate of drug-likeness (QED) is 0.752. The number of amides is 1. The smallest absolute Gasteiger partial charge is 0.248 e. The van der Waals surface area contributed by atoms with Crippen molar-refractivity contribution in [3.8, 4) is 17.2 Å². The zero-order chi connectivity index (χ0) is 17.5. The van der Waals surface area contributed by atoms with Crippen LogP contribution in [0.4, 0.5) is 5.69 Å². The summed E-state index contributed by atoms with van der Waals surface area (Å²) >= 11 is 3.41. The Hall–Kier alpha value is -2.47. The number of methoxy groups -OCH3 is 3. The number of benzene rings is 2. The zero-order valence-electron chi connectivity index (χ0n) is 13.6. The maximum absolute atomic E-state index is 12.1. The Morgan fingerprint density at radius 3 is 2.33 bits per heavy atom. The van der Waals surface area contributed by atoms with Gasteiger partial charge in [-0.3, -0.25) is 4.79 Å². The van der Waals surface area contributed by atoms with Gasteiger partial charge in [0.25, 0.3) is 0 Å². The minimum Gasteiger partial charge on any atom is -0.497 e. The molecule has 0 heterocycles. The van der Waals surface area contributed by atoms with E-state index < -0.39 is 0 Å². The molecule has 0 aliphatic heterocycles. The Bertz CT molecular complexity index is 759. The molecule has 5 nitrogen and oxygen atoms in total. The standard InChI is InChI=1S/C18H18BrNO4/c1-22-13-6-8-17(24-3)15(11-13)20-18(21)9-5-12-4-7-16(23-2)14(19)10-12/h4-11H,1-3H3,(H,20,21)/b9-5+. The molecule has 0 saturated carbocycles. The van der Waals surface area contributed by atoms with E-state index in [-0.39, 0.29) is 5.91 Å². The fourth-order valence-electron chi connectivity index (χ4n) is 2.04. The van der Waals surface area contributed by atoms with Gasteiger partial charge in [0.05, 0.1) is 31.5 Å². The van der Waals surface area contributed by atoms with Gasteiger partial charge in [0.15, 0.2) is 0 Å². The Kier molecular flexibility index (Phi) is 6.26. The summed E-state index contributed by atoms with van der Waals surface area (Å²) in [5.41, 5.74) is 1.41. The van der Waals surface area contributed by atoms with Crippen LogP contribution in [0.3, 0.4) is 0 Å². The monoisotopic (exact) mass is 391 g/mol. The molecule has 6 heteroatoms. The summed E-state index contributed by atoms with van der Waals surface area (Å²) in [6, 6.07) is 10.8. The number of anilines is 1. The molecule has 1 N–H and O–H groups in total. The van der Waals surface area contributed by atoms with Crippen molar-refractivity contribution in [3.63, 3.8) is 0 Å². The molecule has 0 aromatic heterocycles. The van der Waals surface area contributed by atoms with Gasteiger partial charge in [-0.2, -0.15) is 0 Å². The highest BCUT2D eigenvalue weighted by Gasteiger charge is 2.07. The fourth-order valence-corrected chi connectivity index (χ4v) is 2.60. The molecule has 2 aromatic carbocycles. The van der Waals surface area contributed by atoms with E-state index in [2.05, 4.69) is 21.2 Å². The van der Waals surface area contributed by atoms with E-state index in [1.807, 2.05) is 18.2 Å². The summed E-state index contributed by atoms with van der Waals surface area (Å²) in [5, 5.41) is 2.78. The molecule has 0 unspecified atom stereocenters. The van der Waals surface area contributed by atoms with Gasteiger partial charge in [0, 0.05) is 12.1 Å². The van der Waals surface area contributed by atoms with Crippen LogP contribution in [0, 0.1) is 0 Å². The fraction of sp³-hybridized carbons (Fsp3) is 0.167. The third-order valence-corrected chi connectivity index (χ3v) is 3.89. The second-order valence-electron chi connectivity index (χ2n) is 4.78. The van der Waals surface area contributed by atoms with Gasteiger partial charge in [0.1, 0.15) is 17.2 Å². The summed E-state index contributed by atoms with van der Waals surface area (Å²) in [6.45, 7) is 0. The molecule has 2 aromatic rings. The lowest BCUT2D eigenvalue weighted by Gasteiger charge is -2.10. The summed E-state index contributed by atoms with van der Waals surface area (Å²) in [7, 11) is 4.71. The topological polar surface area (TPSA) is 56.8 Å². The molecule has 0 atom stereocenters. The summed E-state index contributed by atoms with van der Waals surface area (Å²) in [4.78, 5) is 12.1. The Morgan fingerprint density at radius 2 is 1.71 bits per heavy atom. The van der Waals surface area contributed by atoms with Crippen molar-refractivity contribution < 1.29 is 19.0 Å². The second kappa shape index (κ2) is 8.40. The first-order valence-electron chi connectivity index (χ1n) is 7.12. The average Bonchev–Trinajstić information content (AvgIpc) is 2.60. The number of hydrogen-bond donors (Lipinski definition) is 1. The Labute approximate surface area is 149 Å². The maximum Gasteiger partial charge on any atom is 0.248 e. The average molecular weight is 392 g/mol. The summed E-state index contributed by atoms with van der Waals surface area (Å²) < 4.78 is 16.4. The van der Waals surface area contributed by atoms with E-state index in [4.69, 9.17) is 14.2 Å². The van der Waals surface area contributed by atoms with Gasteiger partial charge in [-0.15, -0.1) is 0 Å². The van der Waals surface area contributed by atoms with Gasteiger partial charge in [0.2, 0.25) is 5.91 Å². The number of carbonyl (C=O) groups excluding carboxylic acids is 1. The molecule has 0 spiro atoms. The number of halogens is 1. The number of carbonyl (C=O) groups is 1. The zero-order valence-corrected chi connectivity index (χ0v) is 15.2. The van der Waals surface area contributed by atoms with E-state index >= 15 is 0 Å². The van der Waals surface area contributed by atoms with Crippen LogP contribution in [0.25, 0.3) is 6.08 Å². The van der Waals surface area contributed by atoms with E-state index in [9.17, 15) is 4.79 Å². The van der Waals surface area contributed by atoms with E-state index in [0.29, 0.717) is 17.2 Å². The van der Waals surface area contributed by atoms with Gasteiger partial charge >= 0.3 is 0 Å². The molecule has 0 aliphatic carbocycles. The highest BCUT2D eigenvalue weighted by molar-refractivity contribution is 9.10. The molecule has 0 radical (unpaired) electrons. The number of ether oxygens (including phenoxy) is 3. The van der Waals surface area contributed by atoms with Gasteiger partial charge in [-0.25, -0.2) is 0 Å². The third kappa shape index (κ3) is 4.52. The normalized spacial score (nSPS) is 10.5. The van der Waals surface area contributed by atoms with Crippen molar-refractivity contribution in [1.29, 1.82) is 0 Å². The van der Waals surface area contributed by atoms with Gasteiger partial charge in [-0.1, -0.05) is 6.07 Å². The van der Waals surface area contributed by atoms with E-state index in [0.717, 1.165) is 15.8 Å². The molecular weight excluding hydrogens is 374 g/mol. The van der Waals surface area contributed by atoms with Crippen LogP contribution in [0.5, 0.6) is 17.2 Å². The summed E-state index contributed by atoms with van der Waals surface area (Å²) in [5.74, 6) is 1.66. The highest BCUT2D eigenvalue weighted by Crippen LogP contribution is 2.29. The molecule has 0 bridgehead atoms. The molecule has 2 rings (SSSR count). The largest absolute Gasteiger partial charge is 0.497 e. The third-order valence-electron chi connectivity index (χ3n) is 3.27. The Balaban J connectivity index is 2.11. The molecular formula is C18H18BrNO4. The van der Waals surface area contributed by atoms with Crippen molar-refractivity contribution in [3.05, 3.63) is 52.5 Å². The van der Waals surface area contributed by atoms with Crippen molar-refractivity contribution in [2.24, 2.45) is 0 Å². The van der Waals surface area contributed by atoms with Crippen molar-refractivity contribution in [2.75, 3.05) is 26.6 Å². The van der Waals surface area contributed by atoms with Crippen LogP contribution < -0.4 is 19.5 Å². The molecule has 0 fully saturated rings. The predicted molar refractivity (Wildman–Crippen MR) is 97.9 cm³/mol. The van der Waals surface area contributed by atoms with Crippen LogP contribution in [-0.4, -0.2) is 27.2 Å². The van der Waals surface area contributed by atoms with Crippen LogP contribution in [-0.2, 0) is 4.79 Å². The van der Waals surface area contributed by atoms with Crippen LogP contribution in [0.1, 0.15) is 5.56 Å². The number of nitrogens with one attached hydrogen (secondary N) is 1. The predicted octanol–water partition coefficient (Wildman–Crippen LogP) is 4.13. The highest BCUT2D eigenvalue weighted by atomic mass is 79.9. The molecule has 24 heavy (non-hydrogen) atoms. The first kappa shape index (κ1) is 17.9. The molecule has 0 saturated heterocycles. The van der Waals surface area contributed by atoms with Crippen LogP contribution in [0.15, 0.2) is 46.9 Å². The molecule has 1 amide bonds. The van der Waals surface area contributed by atoms with E-state index in [1.54, 1.807) is 45.6 Å². The Morgan fingerprint density at radius 1 is 1.00 bits per heavy atom.